The molecule has 6 nitrogen and oxygen atoms in total. The van der Waals surface area contributed by atoms with Gasteiger partial charge in [-0.3, -0.25) is 9.80 Å². The highest BCUT2D eigenvalue weighted by Crippen LogP contribution is 2.26. The number of nitrogens with zero attached hydrogens (tertiary/aromatic N) is 3. The SMILES string of the molecule is COC(=O)[C@@H](c1ccccc1F)N1CCN(Cc2cc(C)no2)CC1. The highest BCUT2D eigenvalue weighted by Gasteiger charge is 2.33. The summed E-state index contributed by atoms with van der Waals surface area (Å²) in [5.41, 5.74) is 1.22. The molecular weight excluding hydrogens is 325 g/mol. The standard InChI is InChI=1S/C18H22FN3O3/c1-13-11-14(25-20-13)12-21-7-9-22(10-8-21)17(18(23)24-2)15-5-3-4-6-16(15)19/h3-6,11,17H,7-10,12H2,1-2H3/t17-/m1/s1. The Morgan fingerprint density at radius 3 is 2.64 bits per heavy atom. The first kappa shape index (κ1) is 17.6. The minimum Gasteiger partial charge on any atom is -0.468 e. The van der Waals surface area contributed by atoms with Crippen LogP contribution in [0.25, 0.3) is 0 Å². The molecule has 0 radical (unpaired) electrons. The molecule has 0 spiro atoms. The number of carbonyl (C=O) groups excluding carboxylic acids is 1. The predicted molar refractivity (Wildman–Crippen MR) is 89.2 cm³/mol. The summed E-state index contributed by atoms with van der Waals surface area (Å²) in [6, 6.07) is 7.56. The molecule has 3 rings (SSSR count). The summed E-state index contributed by atoms with van der Waals surface area (Å²) >= 11 is 0. The summed E-state index contributed by atoms with van der Waals surface area (Å²) in [7, 11) is 1.33. The van der Waals surface area contributed by atoms with Gasteiger partial charge in [0.2, 0.25) is 0 Å². The summed E-state index contributed by atoms with van der Waals surface area (Å²) in [5.74, 6) is -0.00792. The lowest BCUT2D eigenvalue weighted by Crippen LogP contribution is -2.49. The molecule has 1 aliphatic rings. The van der Waals surface area contributed by atoms with Crippen molar-refractivity contribution in [1.29, 1.82) is 0 Å². The number of hydrogen-bond acceptors (Lipinski definition) is 6. The molecule has 1 aromatic heterocycles. The van der Waals surface area contributed by atoms with Crippen LogP contribution in [0.15, 0.2) is 34.9 Å². The molecule has 0 aliphatic carbocycles. The van der Waals surface area contributed by atoms with Crippen molar-refractivity contribution in [2.75, 3.05) is 33.3 Å². The molecular formula is C18H22FN3O3. The lowest BCUT2D eigenvalue weighted by atomic mass is 10.0. The molecule has 0 amide bonds. The number of ether oxygens (including phenoxy) is 1. The van der Waals surface area contributed by atoms with E-state index in [2.05, 4.69) is 10.1 Å². The Labute approximate surface area is 146 Å². The van der Waals surface area contributed by atoms with Gasteiger partial charge in [0.25, 0.3) is 0 Å². The molecule has 2 heterocycles. The molecule has 1 aliphatic heterocycles. The maximum atomic E-state index is 14.2. The van der Waals surface area contributed by atoms with Crippen molar-refractivity contribution in [3.8, 4) is 0 Å². The van der Waals surface area contributed by atoms with E-state index in [4.69, 9.17) is 9.26 Å². The molecule has 1 aromatic carbocycles. The molecule has 25 heavy (non-hydrogen) atoms. The number of carbonyl (C=O) groups is 1. The van der Waals surface area contributed by atoms with Gasteiger partial charge in [-0.15, -0.1) is 0 Å². The first-order valence-electron chi connectivity index (χ1n) is 8.29. The number of methoxy groups -OCH3 is 1. The summed E-state index contributed by atoms with van der Waals surface area (Å²) < 4.78 is 24.4. The topological polar surface area (TPSA) is 58.8 Å². The fraction of sp³-hybridized carbons (Fsp3) is 0.444. The third-order valence-corrected chi connectivity index (χ3v) is 4.45. The van der Waals surface area contributed by atoms with Crippen molar-refractivity contribution in [2.24, 2.45) is 0 Å². The summed E-state index contributed by atoms with van der Waals surface area (Å²) in [6.07, 6.45) is 0. The van der Waals surface area contributed by atoms with Crippen molar-refractivity contribution in [2.45, 2.75) is 19.5 Å². The van der Waals surface area contributed by atoms with Crippen LogP contribution in [0.3, 0.4) is 0 Å². The highest BCUT2D eigenvalue weighted by molar-refractivity contribution is 5.77. The molecule has 0 saturated carbocycles. The molecule has 1 saturated heterocycles. The first-order chi connectivity index (χ1) is 12.1. The van der Waals surface area contributed by atoms with E-state index in [-0.39, 0.29) is 0 Å². The van der Waals surface area contributed by atoms with Crippen LogP contribution >= 0.6 is 0 Å². The number of aromatic nitrogens is 1. The van der Waals surface area contributed by atoms with Gasteiger partial charge in [0.1, 0.15) is 11.9 Å². The van der Waals surface area contributed by atoms with E-state index in [1.807, 2.05) is 17.9 Å². The Hall–Kier alpha value is -2.25. The smallest absolute Gasteiger partial charge is 0.327 e. The van der Waals surface area contributed by atoms with E-state index in [1.165, 1.54) is 13.2 Å². The van der Waals surface area contributed by atoms with Crippen LogP contribution in [-0.2, 0) is 16.1 Å². The zero-order chi connectivity index (χ0) is 17.8. The van der Waals surface area contributed by atoms with E-state index < -0.39 is 17.8 Å². The molecule has 0 bridgehead atoms. The largest absolute Gasteiger partial charge is 0.468 e. The number of rotatable bonds is 5. The number of halogens is 1. The third kappa shape index (κ3) is 4.05. The molecule has 0 N–H and O–H groups in total. The quantitative estimate of drug-likeness (QED) is 0.773. The lowest BCUT2D eigenvalue weighted by Gasteiger charge is -2.37. The number of hydrogen-bond donors (Lipinski definition) is 0. The van der Waals surface area contributed by atoms with Gasteiger partial charge < -0.3 is 9.26 Å². The van der Waals surface area contributed by atoms with Gasteiger partial charge in [-0.25, -0.2) is 9.18 Å². The van der Waals surface area contributed by atoms with E-state index in [1.54, 1.807) is 18.2 Å². The van der Waals surface area contributed by atoms with Gasteiger partial charge in [-0.2, -0.15) is 0 Å². The molecule has 2 aromatic rings. The van der Waals surface area contributed by atoms with Gasteiger partial charge in [-0.05, 0) is 13.0 Å². The van der Waals surface area contributed by atoms with Gasteiger partial charge >= 0.3 is 5.97 Å². The second-order valence-electron chi connectivity index (χ2n) is 6.19. The Bertz CT molecular complexity index is 726. The average Bonchev–Trinajstić information content (AvgIpc) is 3.03. The van der Waals surface area contributed by atoms with Gasteiger partial charge in [-0.1, -0.05) is 23.4 Å². The Morgan fingerprint density at radius 1 is 1.32 bits per heavy atom. The first-order valence-corrected chi connectivity index (χ1v) is 8.29. The van der Waals surface area contributed by atoms with Crippen LogP contribution in [0.4, 0.5) is 4.39 Å². The Morgan fingerprint density at radius 2 is 2.04 bits per heavy atom. The molecule has 1 fully saturated rings. The van der Waals surface area contributed by atoms with Crippen molar-refractivity contribution >= 4 is 5.97 Å². The summed E-state index contributed by atoms with van der Waals surface area (Å²) in [5, 5.41) is 3.89. The highest BCUT2D eigenvalue weighted by atomic mass is 19.1. The Kier molecular flexibility index (Phi) is 5.45. The number of benzene rings is 1. The van der Waals surface area contributed by atoms with Crippen molar-refractivity contribution in [1.82, 2.24) is 15.0 Å². The second kappa shape index (κ2) is 7.76. The van der Waals surface area contributed by atoms with Crippen LogP contribution in [0, 0.1) is 12.7 Å². The van der Waals surface area contributed by atoms with Crippen molar-refractivity contribution in [3.63, 3.8) is 0 Å². The van der Waals surface area contributed by atoms with Crippen LogP contribution in [0.5, 0.6) is 0 Å². The van der Waals surface area contributed by atoms with Gasteiger partial charge in [0, 0.05) is 37.8 Å². The Balaban J connectivity index is 1.68. The number of piperazine rings is 1. The minimum absolute atomic E-state index is 0.355. The predicted octanol–water partition coefficient (Wildman–Crippen LogP) is 2.15. The van der Waals surface area contributed by atoms with Crippen LogP contribution in [0.2, 0.25) is 0 Å². The van der Waals surface area contributed by atoms with Crippen molar-refractivity contribution < 1.29 is 18.4 Å². The van der Waals surface area contributed by atoms with Gasteiger partial charge in [0.15, 0.2) is 5.76 Å². The summed E-state index contributed by atoms with van der Waals surface area (Å²) in [4.78, 5) is 16.5. The molecule has 1 atom stereocenters. The number of aryl methyl sites for hydroxylation is 1. The van der Waals surface area contributed by atoms with Crippen LogP contribution in [-0.4, -0.2) is 54.2 Å². The van der Waals surface area contributed by atoms with E-state index in [0.717, 1.165) is 24.5 Å². The fourth-order valence-electron chi connectivity index (χ4n) is 3.17. The van der Waals surface area contributed by atoms with Gasteiger partial charge in [0.05, 0.1) is 19.3 Å². The monoisotopic (exact) mass is 347 g/mol. The third-order valence-electron chi connectivity index (χ3n) is 4.45. The summed E-state index contributed by atoms with van der Waals surface area (Å²) in [6.45, 7) is 5.35. The van der Waals surface area contributed by atoms with E-state index >= 15 is 0 Å². The molecule has 7 heteroatoms. The zero-order valence-corrected chi connectivity index (χ0v) is 14.4. The minimum atomic E-state index is -0.721. The molecule has 0 unspecified atom stereocenters. The average molecular weight is 347 g/mol. The van der Waals surface area contributed by atoms with E-state index in [9.17, 15) is 9.18 Å². The lowest BCUT2D eigenvalue weighted by molar-refractivity contribution is -0.148. The second-order valence-corrected chi connectivity index (χ2v) is 6.19. The molecule has 134 valence electrons. The zero-order valence-electron chi connectivity index (χ0n) is 14.4. The number of esters is 1. The van der Waals surface area contributed by atoms with Crippen molar-refractivity contribution in [3.05, 3.63) is 53.2 Å². The fourth-order valence-corrected chi connectivity index (χ4v) is 3.17. The normalized spacial score (nSPS) is 17.4. The maximum absolute atomic E-state index is 14.2. The maximum Gasteiger partial charge on any atom is 0.327 e. The van der Waals surface area contributed by atoms with Crippen LogP contribution < -0.4 is 0 Å². The van der Waals surface area contributed by atoms with Crippen LogP contribution in [0.1, 0.15) is 23.1 Å². The van der Waals surface area contributed by atoms with E-state index in [0.29, 0.717) is 25.2 Å².